The molecule has 5 rings (SSSR count). The summed E-state index contributed by atoms with van der Waals surface area (Å²) in [6.45, 7) is 6.08. The topological polar surface area (TPSA) is 94.2 Å². The Kier molecular flexibility index (Phi) is 10.9. The Balaban J connectivity index is 1.31. The van der Waals surface area contributed by atoms with Crippen LogP contribution in [0.2, 0.25) is 0 Å². The molecule has 1 saturated heterocycles. The maximum atomic E-state index is 13.4. The average molecular weight is 619 g/mol. The second-order valence-electron chi connectivity index (χ2n) is 11.4. The number of benzene rings is 3. The molecule has 1 fully saturated rings. The number of amides is 1. The smallest absolute Gasteiger partial charge is 0.251 e. The van der Waals surface area contributed by atoms with Gasteiger partial charge >= 0.3 is 0 Å². The van der Waals surface area contributed by atoms with Gasteiger partial charge in [0.1, 0.15) is 12.4 Å². The zero-order valence-corrected chi connectivity index (χ0v) is 26.4. The maximum absolute atomic E-state index is 13.4. The number of ether oxygens (including phenoxy) is 3. The van der Waals surface area contributed by atoms with Gasteiger partial charge in [-0.3, -0.25) is 9.69 Å². The molecule has 2 heterocycles. The summed E-state index contributed by atoms with van der Waals surface area (Å²) >= 11 is 0. The van der Waals surface area contributed by atoms with E-state index in [4.69, 9.17) is 14.2 Å². The van der Waals surface area contributed by atoms with Crippen molar-refractivity contribution in [2.45, 2.75) is 50.1 Å². The van der Waals surface area contributed by atoms with Crippen molar-refractivity contribution in [2.75, 3.05) is 51.2 Å². The Bertz CT molecular complexity index is 1560. The molecule has 9 heteroatoms. The van der Waals surface area contributed by atoms with Gasteiger partial charge in [0.15, 0.2) is 9.84 Å². The van der Waals surface area contributed by atoms with Crippen molar-refractivity contribution < 1.29 is 27.4 Å². The van der Waals surface area contributed by atoms with Gasteiger partial charge < -0.3 is 19.5 Å². The van der Waals surface area contributed by atoms with Gasteiger partial charge in [0.25, 0.3) is 5.91 Å². The summed E-state index contributed by atoms with van der Waals surface area (Å²) in [6, 6.07) is 21.3. The van der Waals surface area contributed by atoms with Gasteiger partial charge in [-0.1, -0.05) is 43.3 Å². The first-order valence-electron chi connectivity index (χ1n) is 15.4. The van der Waals surface area contributed by atoms with Crippen LogP contribution in [0.15, 0.2) is 77.2 Å². The molecule has 0 saturated carbocycles. The zero-order valence-electron chi connectivity index (χ0n) is 25.6. The fraction of sp³-hybridized carbons (Fsp3) is 0.400. The highest BCUT2D eigenvalue weighted by Gasteiger charge is 2.26. The first kappa shape index (κ1) is 31.9. The van der Waals surface area contributed by atoms with Crippen LogP contribution in [0.4, 0.5) is 5.69 Å². The molecule has 2 aliphatic heterocycles. The number of nitrogens with one attached hydrogen (secondary N) is 1. The highest BCUT2D eigenvalue weighted by molar-refractivity contribution is 7.91. The van der Waals surface area contributed by atoms with Crippen LogP contribution in [-0.2, 0) is 30.7 Å². The van der Waals surface area contributed by atoms with Crippen molar-refractivity contribution in [1.82, 2.24) is 4.90 Å². The largest absolute Gasteiger partial charge is 0.491 e. The number of carbonyl (C=O) groups excluding carboxylic acids is 1. The molecule has 2 aliphatic rings. The third kappa shape index (κ3) is 8.15. The van der Waals surface area contributed by atoms with Crippen LogP contribution in [0.1, 0.15) is 43.7 Å². The lowest BCUT2D eigenvalue weighted by molar-refractivity contribution is -0.112. The van der Waals surface area contributed by atoms with Gasteiger partial charge in [-0.05, 0) is 85.8 Å². The number of hydrogen-bond donors (Lipinski definition) is 1. The SMILES string of the molecule is CCCOCCOc1ccccc1-c1ccc2c(c1)C=C(C(=O)Nc1ccc(CN(C)C3CCOCC3)cc1)CCS2(=O)=O. The second kappa shape index (κ2) is 15.0. The third-order valence-electron chi connectivity index (χ3n) is 8.10. The molecule has 3 aromatic carbocycles. The van der Waals surface area contributed by atoms with Crippen molar-refractivity contribution in [3.05, 3.63) is 83.4 Å². The van der Waals surface area contributed by atoms with Gasteiger partial charge in [-0.15, -0.1) is 0 Å². The molecule has 0 radical (unpaired) electrons. The van der Waals surface area contributed by atoms with E-state index in [1.165, 1.54) is 0 Å². The average Bonchev–Trinajstić information content (AvgIpc) is 3.17. The first-order valence-corrected chi connectivity index (χ1v) is 17.0. The second-order valence-corrected chi connectivity index (χ2v) is 13.4. The molecule has 44 heavy (non-hydrogen) atoms. The molecule has 234 valence electrons. The Morgan fingerprint density at radius 2 is 1.77 bits per heavy atom. The van der Waals surface area contributed by atoms with E-state index in [-0.39, 0.29) is 23.0 Å². The molecule has 0 atom stereocenters. The van der Waals surface area contributed by atoms with E-state index in [0.717, 1.165) is 55.7 Å². The van der Waals surface area contributed by atoms with Gasteiger partial charge in [-0.25, -0.2) is 8.42 Å². The predicted octanol–water partition coefficient (Wildman–Crippen LogP) is 5.97. The molecule has 0 unspecified atom stereocenters. The van der Waals surface area contributed by atoms with Crippen molar-refractivity contribution in [2.24, 2.45) is 0 Å². The normalized spacial score (nSPS) is 16.6. The summed E-state index contributed by atoms with van der Waals surface area (Å²) in [4.78, 5) is 16.0. The molecule has 3 aromatic rings. The summed E-state index contributed by atoms with van der Waals surface area (Å²) < 4.78 is 43.4. The zero-order chi connectivity index (χ0) is 30.9. The highest BCUT2D eigenvalue weighted by atomic mass is 32.2. The van der Waals surface area contributed by atoms with Crippen molar-refractivity contribution in [1.29, 1.82) is 0 Å². The molecule has 0 spiro atoms. The molecular weight excluding hydrogens is 576 g/mol. The van der Waals surface area contributed by atoms with Crippen LogP contribution in [0, 0.1) is 0 Å². The van der Waals surface area contributed by atoms with Crippen LogP contribution in [0.3, 0.4) is 0 Å². The molecule has 0 bridgehead atoms. The monoisotopic (exact) mass is 618 g/mol. The number of hydrogen-bond acceptors (Lipinski definition) is 7. The van der Waals surface area contributed by atoms with Crippen molar-refractivity contribution in [3.63, 3.8) is 0 Å². The molecule has 0 aromatic heterocycles. The van der Waals surface area contributed by atoms with E-state index in [9.17, 15) is 13.2 Å². The lowest BCUT2D eigenvalue weighted by Crippen LogP contribution is -2.36. The number of fused-ring (bicyclic) bond motifs is 1. The van der Waals surface area contributed by atoms with E-state index in [1.54, 1.807) is 18.2 Å². The Morgan fingerprint density at radius 3 is 2.55 bits per heavy atom. The summed E-state index contributed by atoms with van der Waals surface area (Å²) in [5.41, 5.74) is 4.40. The fourth-order valence-corrected chi connectivity index (χ4v) is 7.10. The third-order valence-corrected chi connectivity index (χ3v) is 9.88. The van der Waals surface area contributed by atoms with E-state index in [0.29, 0.717) is 48.4 Å². The van der Waals surface area contributed by atoms with Gasteiger partial charge in [0.2, 0.25) is 0 Å². The molecule has 8 nitrogen and oxygen atoms in total. The van der Waals surface area contributed by atoms with Gasteiger partial charge in [0, 0.05) is 49.2 Å². The lowest BCUT2D eigenvalue weighted by Gasteiger charge is -2.31. The Morgan fingerprint density at radius 1 is 1.00 bits per heavy atom. The van der Waals surface area contributed by atoms with Crippen molar-refractivity contribution >= 4 is 27.5 Å². The number of carbonyl (C=O) groups is 1. The van der Waals surface area contributed by atoms with E-state index >= 15 is 0 Å². The van der Waals surface area contributed by atoms with Crippen LogP contribution in [0.5, 0.6) is 5.75 Å². The first-order chi connectivity index (χ1) is 21.3. The van der Waals surface area contributed by atoms with Gasteiger partial charge in [0.05, 0.1) is 17.3 Å². The predicted molar refractivity (Wildman–Crippen MR) is 174 cm³/mol. The fourth-order valence-electron chi connectivity index (χ4n) is 5.64. The lowest BCUT2D eigenvalue weighted by atomic mass is 10.0. The summed E-state index contributed by atoms with van der Waals surface area (Å²) in [5.74, 6) is 0.253. The van der Waals surface area contributed by atoms with Gasteiger partial charge in [-0.2, -0.15) is 0 Å². The van der Waals surface area contributed by atoms with Crippen LogP contribution in [-0.4, -0.2) is 71.1 Å². The number of para-hydroxylation sites is 1. The van der Waals surface area contributed by atoms with Crippen LogP contribution >= 0.6 is 0 Å². The quantitative estimate of drug-likeness (QED) is 0.250. The summed E-state index contributed by atoms with van der Waals surface area (Å²) in [6.07, 6.45) is 4.86. The standard InChI is InChI=1S/C35H42N2O6S/c1-3-17-41-20-21-43-33-7-5-4-6-32(33)27-10-13-34-29(23-27)24-28(16-22-44(34,39)40)35(38)36-30-11-8-26(9-12-30)25-37(2)31-14-18-42-19-15-31/h4-13,23-24,31H,3,14-22,25H2,1-2H3,(H,36,38). The van der Waals surface area contributed by atoms with E-state index < -0.39 is 9.84 Å². The highest BCUT2D eigenvalue weighted by Crippen LogP contribution is 2.35. The number of nitrogens with zero attached hydrogens (tertiary/aromatic N) is 1. The maximum Gasteiger partial charge on any atom is 0.251 e. The minimum Gasteiger partial charge on any atom is -0.491 e. The van der Waals surface area contributed by atoms with E-state index in [1.807, 2.05) is 54.6 Å². The van der Waals surface area contributed by atoms with Crippen LogP contribution < -0.4 is 10.1 Å². The number of rotatable bonds is 12. The molecular formula is C35H42N2O6S. The van der Waals surface area contributed by atoms with E-state index in [2.05, 4.69) is 24.2 Å². The number of anilines is 1. The molecule has 1 amide bonds. The number of sulfone groups is 1. The minimum absolute atomic E-state index is 0.129. The summed E-state index contributed by atoms with van der Waals surface area (Å²) in [7, 11) is -1.43. The van der Waals surface area contributed by atoms with Crippen molar-refractivity contribution in [3.8, 4) is 16.9 Å². The molecule has 1 N–H and O–H groups in total. The summed E-state index contributed by atoms with van der Waals surface area (Å²) in [5, 5.41) is 2.97. The molecule has 0 aliphatic carbocycles. The Labute approximate surface area is 260 Å². The Hall–Kier alpha value is -3.50. The van der Waals surface area contributed by atoms with Crippen LogP contribution in [0.25, 0.3) is 17.2 Å². The minimum atomic E-state index is -3.57.